The van der Waals surface area contributed by atoms with Crippen molar-refractivity contribution in [1.82, 2.24) is 14.9 Å². The summed E-state index contributed by atoms with van der Waals surface area (Å²) in [5, 5.41) is 22.4. The molecule has 0 bridgehead atoms. The van der Waals surface area contributed by atoms with Gasteiger partial charge in [-0.2, -0.15) is 9.97 Å². The molecule has 3 fully saturated rings. The monoisotopic (exact) mass is 602 g/mol. The zero-order valence-electron chi connectivity index (χ0n) is 24.4. The number of alkyl halides is 1. The number of aromatic hydroxyl groups is 1. The number of nitrogens with zero attached hydrogens (tertiary/aromatic N) is 4. The third kappa shape index (κ3) is 4.79. The van der Waals surface area contributed by atoms with Crippen LogP contribution in [0.3, 0.4) is 0 Å². The molecule has 10 heteroatoms. The first-order valence-corrected chi connectivity index (χ1v) is 15.0. The lowest BCUT2D eigenvalue weighted by Gasteiger charge is -2.38. The average molecular weight is 603 g/mol. The summed E-state index contributed by atoms with van der Waals surface area (Å²) in [6, 6.07) is 8.95. The van der Waals surface area contributed by atoms with Crippen molar-refractivity contribution in [3.05, 3.63) is 53.6 Å². The Morgan fingerprint density at radius 2 is 1.95 bits per heavy atom. The Balaban J connectivity index is 1.41. The highest BCUT2D eigenvalue weighted by molar-refractivity contribution is 6.04. The zero-order chi connectivity index (χ0) is 30.8. The maximum Gasteiger partial charge on any atom is 0.319 e. The smallest absolute Gasteiger partial charge is 0.319 e. The maximum atomic E-state index is 16.8. The van der Waals surface area contributed by atoms with Gasteiger partial charge in [0.25, 0.3) is 0 Å². The van der Waals surface area contributed by atoms with Gasteiger partial charge >= 0.3 is 6.01 Å². The SMILES string of the molecule is C#Cc1cccc2cc(O)cc(-c3c(F)cc4c(N5CCC[C@@](C)(O)C5)nc(OC[C@@]56CCCN5C[C@H](F)C6)nc4c3F)c12. The van der Waals surface area contributed by atoms with Crippen molar-refractivity contribution in [2.24, 2.45) is 0 Å². The molecule has 0 saturated carbocycles. The van der Waals surface area contributed by atoms with Crippen LogP contribution in [-0.4, -0.2) is 75.2 Å². The number of β-amino-alcohol motifs (C(OH)–C–C–N with tert-alkyl or cyclic N) is 1. The first-order valence-electron chi connectivity index (χ1n) is 15.0. The number of phenols is 1. The molecule has 1 aromatic heterocycles. The van der Waals surface area contributed by atoms with E-state index < -0.39 is 28.9 Å². The number of benzene rings is 3. The maximum absolute atomic E-state index is 16.8. The van der Waals surface area contributed by atoms with Crippen LogP contribution in [0.15, 0.2) is 36.4 Å². The number of aliphatic hydroxyl groups is 1. The molecule has 228 valence electrons. The number of anilines is 1. The summed E-state index contributed by atoms with van der Waals surface area (Å²) in [5.41, 5.74) is -1.55. The van der Waals surface area contributed by atoms with Gasteiger partial charge in [0.15, 0.2) is 5.82 Å². The van der Waals surface area contributed by atoms with Crippen molar-refractivity contribution in [1.29, 1.82) is 0 Å². The van der Waals surface area contributed by atoms with Gasteiger partial charge in [0.05, 0.1) is 16.7 Å². The summed E-state index contributed by atoms with van der Waals surface area (Å²) >= 11 is 0. The van der Waals surface area contributed by atoms with E-state index >= 15 is 8.78 Å². The quantitative estimate of drug-likeness (QED) is 0.283. The highest BCUT2D eigenvalue weighted by atomic mass is 19.1. The largest absolute Gasteiger partial charge is 0.508 e. The Bertz CT molecular complexity index is 1840. The highest BCUT2D eigenvalue weighted by Gasteiger charge is 2.49. The van der Waals surface area contributed by atoms with E-state index in [-0.39, 0.29) is 52.8 Å². The van der Waals surface area contributed by atoms with Crippen molar-refractivity contribution in [3.8, 4) is 35.2 Å². The number of fused-ring (bicyclic) bond motifs is 3. The molecule has 7 nitrogen and oxygen atoms in total. The Morgan fingerprint density at radius 3 is 2.75 bits per heavy atom. The van der Waals surface area contributed by atoms with E-state index in [4.69, 9.17) is 11.2 Å². The van der Waals surface area contributed by atoms with E-state index in [0.29, 0.717) is 48.7 Å². The van der Waals surface area contributed by atoms with E-state index in [1.54, 1.807) is 30.0 Å². The Morgan fingerprint density at radius 1 is 1.14 bits per heavy atom. The normalized spacial score (nSPS) is 25.5. The predicted octanol–water partition coefficient (Wildman–Crippen LogP) is 5.72. The second-order valence-corrected chi connectivity index (χ2v) is 12.7. The molecule has 3 saturated heterocycles. The zero-order valence-corrected chi connectivity index (χ0v) is 24.4. The molecule has 0 aliphatic carbocycles. The molecule has 3 aliphatic heterocycles. The Hall–Kier alpha value is -4.07. The molecule has 4 heterocycles. The molecule has 0 unspecified atom stereocenters. The van der Waals surface area contributed by atoms with Crippen molar-refractivity contribution in [3.63, 3.8) is 0 Å². The molecule has 7 rings (SSSR count). The minimum atomic E-state index is -1.02. The molecule has 3 aliphatic rings. The molecular weight excluding hydrogens is 569 g/mol. The van der Waals surface area contributed by atoms with E-state index in [9.17, 15) is 14.6 Å². The lowest BCUT2D eigenvalue weighted by Crippen LogP contribution is -2.46. The fraction of sp³-hybridized carbons (Fsp3) is 0.412. The molecule has 3 atom stereocenters. The van der Waals surface area contributed by atoms with Crippen LogP contribution in [0.5, 0.6) is 11.8 Å². The van der Waals surface area contributed by atoms with Crippen molar-refractivity contribution in [2.45, 2.75) is 56.3 Å². The molecular formula is C34H33F3N4O3. The molecule has 0 amide bonds. The van der Waals surface area contributed by atoms with Crippen LogP contribution in [0, 0.1) is 24.0 Å². The van der Waals surface area contributed by atoms with Gasteiger partial charge in [-0.25, -0.2) is 13.2 Å². The lowest BCUT2D eigenvalue weighted by atomic mass is 9.92. The van der Waals surface area contributed by atoms with Crippen molar-refractivity contribution >= 4 is 27.5 Å². The van der Waals surface area contributed by atoms with Crippen molar-refractivity contribution < 1.29 is 28.1 Å². The fourth-order valence-corrected chi connectivity index (χ4v) is 7.49. The van der Waals surface area contributed by atoms with Gasteiger partial charge in [0.1, 0.15) is 35.7 Å². The van der Waals surface area contributed by atoms with Crippen LogP contribution < -0.4 is 9.64 Å². The summed E-state index contributed by atoms with van der Waals surface area (Å²) in [6.07, 6.45) is 8.07. The number of rotatable bonds is 5. The minimum Gasteiger partial charge on any atom is -0.508 e. The molecule has 0 radical (unpaired) electrons. The van der Waals surface area contributed by atoms with Crippen LogP contribution in [0.2, 0.25) is 0 Å². The van der Waals surface area contributed by atoms with Gasteiger partial charge in [0, 0.05) is 48.0 Å². The number of ether oxygens (including phenoxy) is 1. The second-order valence-electron chi connectivity index (χ2n) is 12.7. The summed E-state index contributed by atoms with van der Waals surface area (Å²) in [4.78, 5) is 13.0. The number of hydrogen-bond acceptors (Lipinski definition) is 7. The van der Waals surface area contributed by atoms with Gasteiger partial charge in [0.2, 0.25) is 0 Å². The molecule has 4 aromatic rings. The summed E-state index contributed by atoms with van der Waals surface area (Å²) in [7, 11) is 0. The topological polar surface area (TPSA) is 82.0 Å². The van der Waals surface area contributed by atoms with Gasteiger partial charge < -0.3 is 19.8 Å². The van der Waals surface area contributed by atoms with Crippen LogP contribution in [0.4, 0.5) is 19.0 Å². The number of hydrogen-bond donors (Lipinski definition) is 2. The van der Waals surface area contributed by atoms with Gasteiger partial charge in [-0.1, -0.05) is 18.1 Å². The predicted molar refractivity (Wildman–Crippen MR) is 163 cm³/mol. The van der Waals surface area contributed by atoms with E-state index in [0.717, 1.165) is 19.4 Å². The van der Waals surface area contributed by atoms with Gasteiger partial charge in [-0.3, -0.25) is 4.90 Å². The molecule has 2 N–H and O–H groups in total. The molecule has 0 spiro atoms. The minimum absolute atomic E-state index is 0.0921. The van der Waals surface area contributed by atoms with Crippen LogP contribution >= 0.6 is 0 Å². The van der Waals surface area contributed by atoms with Crippen LogP contribution in [0.1, 0.15) is 44.6 Å². The number of aromatic nitrogens is 2. The van der Waals surface area contributed by atoms with E-state index in [2.05, 4.69) is 20.8 Å². The van der Waals surface area contributed by atoms with E-state index in [1.807, 2.05) is 0 Å². The van der Waals surface area contributed by atoms with Crippen LogP contribution in [-0.2, 0) is 0 Å². The number of terminal acetylenes is 1. The summed E-state index contributed by atoms with van der Waals surface area (Å²) in [5.74, 6) is 0.811. The lowest BCUT2D eigenvalue weighted by molar-refractivity contribution is 0.0447. The highest BCUT2D eigenvalue weighted by Crippen LogP contribution is 2.43. The van der Waals surface area contributed by atoms with E-state index in [1.165, 1.54) is 18.2 Å². The molecule has 44 heavy (non-hydrogen) atoms. The first kappa shape index (κ1) is 28.7. The summed E-state index contributed by atoms with van der Waals surface area (Å²) in [6.45, 7) is 3.70. The Kier molecular flexibility index (Phi) is 6.87. The average Bonchev–Trinajstić information content (AvgIpc) is 3.50. The standard InChI is InChI=1S/C34H33F3N4O3/c1-3-20-7-4-8-21-13-23(42)14-24(27(20)21)28-26(36)15-25-30(29(28)37)38-32(39-31(25)40-11-5-9-33(2,43)18-40)44-19-34-10-6-12-41(34)17-22(35)16-34/h1,4,7-8,13-15,22,42-43H,5-6,9-12,16-19H2,2H3/t22-,33-,34+/m1/s1. The number of phenolic OH excluding ortho intramolecular Hbond substituents is 1. The van der Waals surface area contributed by atoms with Gasteiger partial charge in [-0.05, 0) is 68.8 Å². The molecule has 3 aromatic carbocycles. The first-order chi connectivity index (χ1) is 21.1. The van der Waals surface area contributed by atoms with Crippen molar-refractivity contribution in [2.75, 3.05) is 37.7 Å². The third-order valence-corrected chi connectivity index (χ3v) is 9.43. The second kappa shape index (κ2) is 10.5. The number of piperidine rings is 1. The number of halogens is 3. The van der Waals surface area contributed by atoms with Gasteiger partial charge in [-0.15, -0.1) is 6.42 Å². The van der Waals surface area contributed by atoms with Crippen LogP contribution in [0.25, 0.3) is 32.8 Å². The Labute approximate surface area is 253 Å². The summed E-state index contributed by atoms with van der Waals surface area (Å²) < 4.78 is 53.4. The third-order valence-electron chi connectivity index (χ3n) is 9.43. The fourth-order valence-electron chi connectivity index (χ4n) is 7.49.